The van der Waals surface area contributed by atoms with Crippen molar-refractivity contribution in [1.29, 1.82) is 0 Å². The Hall–Kier alpha value is -2.25. The summed E-state index contributed by atoms with van der Waals surface area (Å²) in [4.78, 5) is 23.3. The smallest absolute Gasteiger partial charge is 0.416 e. The van der Waals surface area contributed by atoms with Crippen LogP contribution in [0, 0.1) is 0 Å². The van der Waals surface area contributed by atoms with Crippen LogP contribution in [0.2, 0.25) is 0 Å². The lowest BCUT2D eigenvalue weighted by Gasteiger charge is -2.18. The van der Waals surface area contributed by atoms with E-state index in [4.69, 9.17) is 9.84 Å². The van der Waals surface area contributed by atoms with Gasteiger partial charge in [-0.1, -0.05) is 12.1 Å². The van der Waals surface area contributed by atoms with Gasteiger partial charge in [0, 0.05) is 7.05 Å². The molecule has 1 aromatic rings. The van der Waals surface area contributed by atoms with E-state index in [1.807, 2.05) is 0 Å². The molecule has 20 heavy (non-hydrogen) atoms. The predicted octanol–water partition coefficient (Wildman–Crippen LogP) is 2.28. The number of benzene rings is 1. The number of nitrogens with zero attached hydrogens (tertiary/aromatic N) is 1. The number of likely N-dealkylation sites (N-methyl/N-ethyl adjacent to an activating group) is 1. The van der Waals surface area contributed by atoms with Gasteiger partial charge in [-0.15, -0.1) is 0 Å². The van der Waals surface area contributed by atoms with Crippen LogP contribution < -0.4 is 0 Å². The summed E-state index contributed by atoms with van der Waals surface area (Å²) in [5, 5.41) is 9.07. The Kier molecular flexibility index (Phi) is 3.33. The summed E-state index contributed by atoms with van der Waals surface area (Å²) in [6, 6.07) is 2.73. The van der Waals surface area contributed by atoms with Crippen molar-refractivity contribution in [3.63, 3.8) is 0 Å². The molecular formula is C12H10F3NO4. The molecule has 1 fully saturated rings. The molecule has 2 unspecified atom stereocenters. The molecule has 0 bridgehead atoms. The van der Waals surface area contributed by atoms with E-state index in [2.05, 4.69) is 0 Å². The molecule has 8 heteroatoms. The van der Waals surface area contributed by atoms with E-state index < -0.39 is 35.9 Å². The maximum absolute atomic E-state index is 12.6. The Morgan fingerprint density at radius 2 is 2.05 bits per heavy atom. The number of alkyl halides is 3. The summed E-state index contributed by atoms with van der Waals surface area (Å²) in [7, 11) is 1.22. The summed E-state index contributed by atoms with van der Waals surface area (Å²) in [6.07, 6.45) is -6.71. The highest BCUT2D eigenvalue weighted by atomic mass is 19.4. The minimum absolute atomic E-state index is 0.00933. The molecule has 108 valence electrons. The monoisotopic (exact) mass is 289 g/mol. The van der Waals surface area contributed by atoms with Crippen LogP contribution in [0.4, 0.5) is 18.0 Å². The number of cyclic esters (lactones) is 1. The van der Waals surface area contributed by atoms with Gasteiger partial charge in [0.15, 0.2) is 12.1 Å². The number of rotatable bonds is 2. The van der Waals surface area contributed by atoms with E-state index in [0.717, 1.165) is 23.1 Å². The molecule has 1 aliphatic rings. The Balaban J connectivity index is 2.40. The maximum Gasteiger partial charge on any atom is 0.416 e. The second-order valence-electron chi connectivity index (χ2n) is 4.32. The Morgan fingerprint density at radius 3 is 2.60 bits per heavy atom. The fraction of sp³-hybridized carbons (Fsp3) is 0.333. The number of hydrogen-bond acceptors (Lipinski definition) is 3. The number of hydrogen-bond donors (Lipinski definition) is 1. The van der Waals surface area contributed by atoms with E-state index in [1.54, 1.807) is 0 Å². The third-order valence-corrected chi connectivity index (χ3v) is 3.02. The minimum atomic E-state index is -4.55. The van der Waals surface area contributed by atoms with Gasteiger partial charge in [0.2, 0.25) is 0 Å². The van der Waals surface area contributed by atoms with E-state index in [-0.39, 0.29) is 5.56 Å². The van der Waals surface area contributed by atoms with Crippen LogP contribution in [-0.4, -0.2) is 35.2 Å². The number of carbonyl (C=O) groups is 2. The largest absolute Gasteiger partial charge is 0.480 e. The van der Waals surface area contributed by atoms with Gasteiger partial charge in [0.05, 0.1) is 5.56 Å². The highest BCUT2D eigenvalue weighted by Gasteiger charge is 2.45. The number of carboxylic acid groups (broad SMARTS) is 1. The fourth-order valence-corrected chi connectivity index (χ4v) is 2.01. The summed E-state index contributed by atoms with van der Waals surface area (Å²) >= 11 is 0. The molecule has 1 aromatic carbocycles. The molecule has 0 saturated carbocycles. The predicted molar refractivity (Wildman–Crippen MR) is 59.9 cm³/mol. The molecule has 1 amide bonds. The second-order valence-corrected chi connectivity index (χ2v) is 4.32. The minimum Gasteiger partial charge on any atom is -0.480 e. The highest BCUT2D eigenvalue weighted by molar-refractivity contribution is 5.84. The van der Waals surface area contributed by atoms with Crippen LogP contribution in [0.1, 0.15) is 17.2 Å². The number of carboxylic acids is 1. The van der Waals surface area contributed by atoms with Gasteiger partial charge in [-0.3, -0.25) is 4.90 Å². The molecule has 0 aromatic heterocycles. The van der Waals surface area contributed by atoms with Crippen LogP contribution >= 0.6 is 0 Å². The quantitative estimate of drug-likeness (QED) is 0.907. The SMILES string of the molecule is CN1C(=O)OC(c2cccc(C(F)(F)F)c2)C1C(=O)O. The van der Waals surface area contributed by atoms with Gasteiger partial charge in [0.25, 0.3) is 0 Å². The topological polar surface area (TPSA) is 66.8 Å². The van der Waals surface area contributed by atoms with Gasteiger partial charge >= 0.3 is 18.2 Å². The van der Waals surface area contributed by atoms with Gasteiger partial charge in [0.1, 0.15) is 0 Å². The first-order valence-corrected chi connectivity index (χ1v) is 5.55. The summed E-state index contributed by atoms with van der Waals surface area (Å²) < 4.78 is 42.7. The molecule has 0 radical (unpaired) electrons. The van der Waals surface area contributed by atoms with Crippen molar-refractivity contribution in [2.75, 3.05) is 7.05 Å². The normalized spacial score (nSPS) is 22.8. The third-order valence-electron chi connectivity index (χ3n) is 3.02. The van der Waals surface area contributed by atoms with Gasteiger partial charge in [-0.05, 0) is 17.7 Å². The molecule has 2 rings (SSSR count). The average Bonchev–Trinajstić information content (AvgIpc) is 2.65. The fourth-order valence-electron chi connectivity index (χ4n) is 2.01. The molecular weight excluding hydrogens is 279 g/mol. The number of halogens is 3. The van der Waals surface area contributed by atoms with Crippen LogP contribution in [-0.2, 0) is 15.7 Å². The molecule has 1 heterocycles. The number of amides is 1. The molecule has 1 N–H and O–H groups in total. The van der Waals surface area contributed by atoms with Crippen LogP contribution in [0.3, 0.4) is 0 Å². The standard InChI is InChI=1S/C12H10F3NO4/c1-16-8(10(17)18)9(20-11(16)19)6-3-2-4-7(5-6)12(13,14)15/h2-5,8-9H,1H3,(H,17,18). The van der Waals surface area contributed by atoms with Crippen molar-refractivity contribution in [3.05, 3.63) is 35.4 Å². The lowest BCUT2D eigenvalue weighted by atomic mass is 10.00. The summed E-state index contributed by atoms with van der Waals surface area (Å²) in [5.74, 6) is -1.35. The van der Waals surface area contributed by atoms with Crippen LogP contribution in [0.5, 0.6) is 0 Å². The van der Waals surface area contributed by atoms with Gasteiger partial charge < -0.3 is 9.84 Å². The molecule has 0 spiro atoms. The summed E-state index contributed by atoms with van der Waals surface area (Å²) in [6.45, 7) is 0. The third kappa shape index (κ3) is 2.40. The lowest BCUT2D eigenvalue weighted by Crippen LogP contribution is -2.37. The molecule has 5 nitrogen and oxygen atoms in total. The van der Waals surface area contributed by atoms with Crippen molar-refractivity contribution >= 4 is 12.1 Å². The number of aliphatic carboxylic acids is 1. The average molecular weight is 289 g/mol. The Labute approximate surface area is 111 Å². The highest BCUT2D eigenvalue weighted by Crippen LogP contribution is 2.35. The second kappa shape index (κ2) is 4.69. The maximum atomic E-state index is 12.6. The number of ether oxygens (including phenoxy) is 1. The molecule has 2 atom stereocenters. The van der Waals surface area contributed by atoms with E-state index in [0.29, 0.717) is 0 Å². The van der Waals surface area contributed by atoms with Crippen molar-refractivity contribution in [1.82, 2.24) is 4.90 Å². The Bertz CT molecular complexity index is 558. The first kappa shape index (κ1) is 14.2. The van der Waals surface area contributed by atoms with Gasteiger partial charge in [-0.25, -0.2) is 9.59 Å². The number of carbonyl (C=O) groups excluding carboxylic acids is 1. The zero-order chi connectivity index (χ0) is 15.1. The van der Waals surface area contributed by atoms with Crippen molar-refractivity contribution in [2.45, 2.75) is 18.3 Å². The molecule has 1 aliphatic heterocycles. The zero-order valence-electron chi connectivity index (χ0n) is 10.2. The Morgan fingerprint density at radius 1 is 1.40 bits per heavy atom. The first-order chi connectivity index (χ1) is 9.21. The lowest BCUT2D eigenvalue weighted by molar-refractivity contribution is -0.142. The van der Waals surface area contributed by atoms with Crippen LogP contribution in [0.25, 0.3) is 0 Å². The van der Waals surface area contributed by atoms with Crippen molar-refractivity contribution in [3.8, 4) is 0 Å². The summed E-state index contributed by atoms with van der Waals surface area (Å²) in [5.41, 5.74) is -0.935. The molecule has 0 aliphatic carbocycles. The van der Waals surface area contributed by atoms with Gasteiger partial charge in [-0.2, -0.15) is 13.2 Å². The zero-order valence-corrected chi connectivity index (χ0v) is 10.2. The first-order valence-electron chi connectivity index (χ1n) is 5.55. The molecule has 1 saturated heterocycles. The van der Waals surface area contributed by atoms with Crippen LogP contribution in [0.15, 0.2) is 24.3 Å². The van der Waals surface area contributed by atoms with E-state index in [1.165, 1.54) is 13.1 Å². The van der Waals surface area contributed by atoms with E-state index >= 15 is 0 Å². The van der Waals surface area contributed by atoms with Crippen molar-refractivity contribution < 1.29 is 32.6 Å². The van der Waals surface area contributed by atoms with Crippen molar-refractivity contribution in [2.24, 2.45) is 0 Å². The van der Waals surface area contributed by atoms with E-state index in [9.17, 15) is 22.8 Å².